The fraction of sp³-hybridized carbons (Fsp3) is 0.227. The Morgan fingerprint density at radius 3 is 2.86 bits per heavy atom. The molecule has 0 radical (unpaired) electrons. The number of rotatable bonds is 6. The maximum absolute atomic E-state index is 13.1. The smallest absolute Gasteiger partial charge is 0.271 e. The van der Waals surface area contributed by atoms with Gasteiger partial charge in [0.1, 0.15) is 11.4 Å². The lowest BCUT2D eigenvalue weighted by molar-refractivity contribution is 0.0562. The van der Waals surface area contributed by atoms with Gasteiger partial charge in [-0.25, -0.2) is 0 Å². The minimum atomic E-state index is -0.227. The molecule has 148 valence electrons. The summed E-state index contributed by atoms with van der Waals surface area (Å²) in [5.41, 5.74) is 2.07. The summed E-state index contributed by atoms with van der Waals surface area (Å²) in [4.78, 5) is 31.7. The summed E-state index contributed by atoms with van der Waals surface area (Å²) < 4.78 is 7.21. The van der Waals surface area contributed by atoms with Gasteiger partial charge in [0, 0.05) is 38.2 Å². The molecule has 3 heterocycles. The molecule has 1 N–H and O–H groups in total. The predicted octanol–water partition coefficient (Wildman–Crippen LogP) is 2.35. The van der Waals surface area contributed by atoms with Gasteiger partial charge in [0.05, 0.1) is 18.7 Å². The molecule has 3 aromatic rings. The molecule has 1 atom stereocenters. The highest BCUT2D eigenvalue weighted by Crippen LogP contribution is 2.21. The van der Waals surface area contributed by atoms with Crippen molar-refractivity contribution in [1.29, 1.82) is 0 Å². The monoisotopic (exact) mass is 390 g/mol. The van der Waals surface area contributed by atoms with Crippen LogP contribution in [0.5, 0.6) is 5.75 Å². The van der Waals surface area contributed by atoms with Gasteiger partial charge < -0.3 is 19.5 Å². The van der Waals surface area contributed by atoms with Gasteiger partial charge in [-0.2, -0.15) is 0 Å². The summed E-state index contributed by atoms with van der Waals surface area (Å²) >= 11 is 0. The molecule has 0 bridgehead atoms. The summed E-state index contributed by atoms with van der Waals surface area (Å²) in [6.07, 6.45) is 5.35. The Labute approximate surface area is 168 Å². The number of methoxy groups -OCH3 is 1. The van der Waals surface area contributed by atoms with E-state index in [-0.39, 0.29) is 17.9 Å². The molecule has 1 aliphatic rings. The number of carbonyl (C=O) groups excluding carboxylic acids is 2. The van der Waals surface area contributed by atoms with E-state index in [2.05, 4.69) is 10.3 Å². The maximum Gasteiger partial charge on any atom is 0.271 e. The fourth-order valence-corrected chi connectivity index (χ4v) is 3.61. The maximum atomic E-state index is 13.1. The zero-order valence-corrected chi connectivity index (χ0v) is 16.1. The number of para-hydroxylation sites is 1. The van der Waals surface area contributed by atoms with Crippen LogP contribution in [-0.2, 0) is 13.1 Å². The third-order valence-corrected chi connectivity index (χ3v) is 5.08. The van der Waals surface area contributed by atoms with Crippen LogP contribution in [0.4, 0.5) is 0 Å². The van der Waals surface area contributed by atoms with E-state index in [0.717, 1.165) is 5.56 Å². The second-order valence-electron chi connectivity index (χ2n) is 6.90. The van der Waals surface area contributed by atoms with E-state index in [4.69, 9.17) is 4.74 Å². The molecule has 0 fully saturated rings. The lowest BCUT2D eigenvalue weighted by Crippen LogP contribution is -2.52. The van der Waals surface area contributed by atoms with E-state index in [9.17, 15) is 9.59 Å². The molecule has 1 aliphatic heterocycles. The number of pyridine rings is 1. The molecule has 2 amide bonds. The van der Waals surface area contributed by atoms with Crippen LogP contribution < -0.4 is 10.1 Å². The first-order valence-corrected chi connectivity index (χ1v) is 9.43. The highest BCUT2D eigenvalue weighted by Gasteiger charge is 2.32. The van der Waals surface area contributed by atoms with Crippen LogP contribution >= 0.6 is 0 Å². The number of hydrogen-bond acceptors (Lipinski definition) is 4. The van der Waals surface area contributed by atoms with Crippen LogP contribution in [0.3, 0.4) is 0 Å². The van der Waals surface area contributed by atoms with Crippen molar-refractivity contribution >= 4 is 11.8 Å². The van der Waals surface area contributed by atoms with Crippen LogP contribution in [-0.4, -0.2) is 46.0 Å². The number of nitrogens with one attached hydrogen (secondary N) is 1. The summed E-state index contributed by atoms with van der Waals surface area (Å²) in [7, 11) is 1.54. The minimum absolute atomic E-state index is 0.0540. The van der Waals surface area contributed by atoms with Crippen molar-refractivity contribution in [2.24, 2.45) is 0 Å². The van der Waals surface area contributed by atoms with Crippen LogP contribution in [0, 0.1) is 0 Å². The molecule has 29 heavy (non-hydrogen) atoms. The average molecular weight is 390 g/mol. The first-order valence-electron chi connectivity index (χ1n) is 9.43. The van der Waals surface area contributed by atoms with Gasteiger partial charge in [0.2, 0.25) is 0 Å². The highest BCUT2D eigenvalue weighted by atomic mass is 16.5. The zero-order valence-electron chi connectivity index (χ0n) is 16.1. The van der Waals surface area contributed by atoms with E-state index < -0.39 is 0 Å². The summed E-state index contributed by atoms with van der Waals surface area (Å²) in [6, 6.07) is 14.4. The average Bonchev–Trinajstić information content (AvgIpc) is 3.24. The van der Waals surface area contributed by atoms with Crippen molar-refractivity contribution in [2.45, 2.75) is 19.1 Å². The molecular weight excluding hydrogens is 368 g/mol. The Kier molecular flexibility index (Phi) is 5.29. The largest absolute Gasteiger partial charge is 0.496 e. The highest BCUT2D eigenvalue weighted by molar-refractivity contribution is 5.97. The summed E-state index contributed by atoms with van der Waals surface area (Å²) in [6.45, 7) is 1.38. The Balaban J connectivity index is 1.53. The van der Waals surface area contributed by atoms with Gasteiger partial charge in [-0.15, -0.1) is 0 Å². The molecule has 7 heteroatoms. The topological polar surface area (TPSA) is 76.5 Å². The molecule has 0 saturated carbocycles. The Morgan fingerprint density at radius 2 is 2.07 bits per heavy atom. The predicted molar refractivity (Wildman–Crippen MR) is 108 cm³/mol. The van der Waals surface area contributed by atoms with E-state index >= 15 is 0 Å². The van der Waals surface area contributed by atoms with E-state index in [1.165, 1.54) is 7.11 Å². The summed E-state index contributed by atoms with van der Waals surface area (Å²) in [5.74, 6) is 0.237. The number of fused-ring (bicyclic) bond motifs is 1. The quantitative estimate of drug-likeness (QED) is 0.701. The standard InChI is InChI=1S/C22H22N4O3/c1-29-20-9-3-2-7-18(20)21(27)24-13-17-15-25-11-5-8-19(25)22(28)26(17)14-16-6-4-10-23-12-16/h2-12,17H,13-15H2,1H3,(H,24,27). The van der Waals surface area contributed by atoms with Crippen LogP contribution in [0.2, 0.25) is 0 Å². The normalized spacial score (nSPS) is 15.7. The third-order valence-electron chi connectivity index (χ3n) is 5.08. The molecule has 4 rings (SSSR count). The molecule has 0 saturated heterocycles. The first-order chi connectivity index (χ1) is 14.2. The first kappa shape index (κ1) is 18.7. The van der Waals surface area contributed by atoms with Gasteiger partial charge in [0.15, 0.2) is 0 Å². The molecule has 2 aromatic heterocycles. The van der Waals surface area contributed by atoms with Crippen molar-refractivity contribution in [3.8, 4) is 5.75 Å². The summed E-state index contributed by atoms with van der Waals surface area (Å²) in [5, 5.41) is 2.96. The second-order valence-corrected chi connectivity index (χ2v) is 6.90. The van der Waals surface area contributed by atoms with Crippen molar-refractivity contribution < 1.29 is 14.3 Å². The lowest BCUT2D eigenvalue weighted by atomic mass is 10.1. The Morgan fingerprint density at radius 1 is 1.21 bits per heavy atom. The van der Waals surface area contributed by atoms with Crippen molar-refractivity contribution in [3.05, 3.63) is 83.9 Å². The van der Waals surface area contributed by atoms with Gasteiger partial charge in [0.25, 0.3) is 11.8 Å². The minimum Gasteiger partial charge on any atom is -0.496 e. The van der Waals surface area contributed by atoms with Gasteiger partial charge >= 0.3 is 0 Å². The lowest BCUT2D eigenvalue weighted by Gasteiger charge is -2.36. The Hall–Kier alpha value is -3.61. The number of hydrogen-bond donors (Lipinski definition) is 1. The van der Waals surface area contributed by atoms with Crippen LogP contribution in [0.25, 0.3) is 0 Å². The van der Waals surface area contributed by atoms with Gasteiger partial charge in [-0.1, -0.05) is 18.2 Å². The van der Waals surface area contributed by atoms with Crippen molar-refractivity contribution in [1.82, 2.24) is 19.8 Å². The van der Waals surface area contributed by atoms with E-state index in [0.29, 0.717) is 36.6 Å². The fourth-order valence-electron chi connectivity index (χ4n) is 3.61. The zero-order chi connectivity index (χ0) is 20.2. The molecule has 1 unspecified atom stereocenters. The van der Waals surface area contributed by atoms with Gasteiger partial charge in [-0.05, 0) is 35.9 Å². The van der Waals surface area contributed by atoms with Crippen LogP contribution in [0.1, 0.15) is 26.4 Å². The third kappa shape index (κ3) is 3.85. The molecule has 0 spiro atoms. The SMILES string of the molecule is COc1ccccc1C(=O)NCC1Cn2cccc2C(=O)N1Cc1cccnc1. The number of benzene rings is 1. The number of aromatic nitrogens is 2. The van der Waals surface area contributed by atoms with E-state index in [1.54, 1.807) is 35.5 Å². The molecular formula is C22H22N4O3. The molecule has 1 aromatic carbocycles. The van der Waals surface area contributed by atoms with Crippen molar-refractivity contribution in [2.75, 3.05) is 13.7 Å². The second kappa shape index (κ2) is 8.18. The van der Waals surface area contributed by atoms with Gasteiger partial charge in [-0.3, -0.25) is 14.6 Å². The molecule has 0 aliphatic carbocycles. The number of nitrogens with zero attached hydrogens (tertiary/aromatic N) is 3. The number of carbonyl (C=O) groups is 2. The van der Waals surface area contributed by atoms with E-state index in [1.807, 2.05) is 41.1 Å². The number of amides is 2. The van der Waals surface area contributed by atoms with Crippen LogP contribution in [0.15, 0.2) is 67.1 Å². The van der Waals surface area contributed by atoms with Crippen molar-refractivity contribution in [3.63, 3.8) is 0 Å². The molecule has 7 nitrogen and oxygen atoms in total. The Bertz CT molecular complexity index is 1020. The number of ether oxygens (including phenoxy) is 1.